The van der Waals surface area contributed by atoms with Gasteiger partial charge in [0, 0.05) is 10.6 Å². The van der Waals surface area contributed by atoms with E-state index in [0.29, 0.717) is 5.56 Å². The normalized spacial score (nSPS) is 10.4. The number of hydrogen-bond acceptors (Lipinski definition) is 2. The Balaban J connectivity index is 2.01. The molecule has 0 saturated heterocycles. The molecule has 98 valence electrons. The van der Waals surface area contributed by atoms with Crippen molar-refractivity contribution >= 4 is 17.7 Å². The summed E-state index contributed by atoms with van der Waals surface area (Å²) in [7, 11) is 0. The first-order chi connectivity index (χ1) is 9.06. The number of thioether (sulfide) groups is 1. The van der Waals surface area contributed by atoms with E-state index in [1.165, 1.54) is 16.7 Å². The van der Waals surface area contributed by atoms with Crippen LogP contribution in [0.1, 0.15) is 27.0 Å². The largest absolute Gasteiger partial charge is 0.478 e. The van der Waals surface area contributed by atoms with E-state index in [1.807, 2.05) is 12.1 Å². The maximum atomic E-state index is 10.8. The molecule has 0 atom stereocenters. The molecule has 0 amide bonds. The van der Waals surface area contributed by atoms with Gasteiger partial charge in [-0.3, -0.25) is 0 Å². The van der Waals surface area contributed by atoms with Crippen LogP contribution in [0.15, 0.2) is 47.4 Å². The van der Waals surface area contributed by atoms with Gasteiger partial charge in [0.05, 0.1) is 5.56 Å². The lowest BCUT2D eigenvalue weighted by molar-refractivity contribution is 0.0697. The van der Waals surface area contributed by atoms with Gasteiger partial charge in [-0.15, -0.1) is 11.8 Å². The van der Waals surface area contributed by atoms with Crippen molar-refractivity contribution in [2.45, 2.75) is 24.5 Å². The van der Waals surface area contributed by atoms with Crippen LogP contribution >= 0.6 is 11.8 Å². The molecule has 2 aromatic carbocycles. The van der Waals surface area contributed by atoms with Gasteiger partial charge < -0.3 is 5.11 Å². The number of carboxylic acid groups (broad SMARTS) is 1. The molecule has 0 saturated carbocycles. The Hall–Kier alpha value is -1.74. The first-order valence-electron chi connectivity index (χ1n) is 6.08. The van der Waals surface area contributed by atoms with Crippen LogP contribution in [0.5, 0.6) is 0 Å². The average Bonchev–Trinajstić information content (AvgIpc) is 2.40. The molecule has 0 aliphatic heterocycles. The third-order valence-electron chi connectivity index (χ3n) is 3.08. The first-order valence-corrected chi connectivity index (χ1v) is 7.07. The van der Waals surface area contributed by atoms with Gasteiger partial charge in [-0.1, -0.05) is 18.2 Å². The average molecular weight is 272 g/mol. The zero-order chi connectivity index (χ0) is 13.8. The van der Waals surface area contributed by atoms with Gasteiger partial charge in [0.1, 0.15) is 0 Å². The second-order valence-corrected chi connectivity index (χ2v) is 5.59. The summed E-state index contributed by atoms with van der Waals surface area (Å²) in [5.41, 5.74) is 4.23. The molecule has 0 aliphatic carbocycles. The fourth-order valence-corrected chi connectivity index (χ4v) is 2.60. The molecule has 2 aromatic rings. The number of aromatic carboxylic acids is 1. The summed E-state index contributed by atoms with van der Waals surface area (Å²) in [4.78, 5) is 11.8. The second-order valence-electron chi connectivity index (χ2n) is 4.54. The zero-order valence-electron chi connectivity index (χ0n) is 11.0. The number of hydrogen-bond donors (Lipinski definition) is 1. The van der Waals surface area contributed by atoms with E-state index in [1.54, 1.807) is 23.9 Å². The van der Waals surface area contributed by atoms with Gasteiger partial charge in [-0.05, 0) is 54.8 Å². The number of carboxylic acids is 1. The SMILES string of the molecule is Cc1ccc(CSc2ccc(C(=O)O)cc2)cc1C. The van der Waals surface area contributed by atoms with Crippen molar-refractivity contribution in [2.75, 3.05) is 0 Å². The lowest BCUT2D eigenvalue weighted by Crippen LogP contribution is -1.94. The minimum absolute atomic E-state index is 0.329. The Kier molecular flexibility index (Phi) is 4.27. The van der Waals surface area contributed by atoms with E-state index < -0.39 is 5.97 Å². The highest BCUT2D eigenvalue weighted by Gasteiger charge is 2.03. The summed E-state index contributed by atoms with van der Waals surface area (Å²) in [5.74, 6) is 0.0128. The fraction of sp³-hybridized carbons (Fsp3) is 0.188. The second kappa shape index (κ2) is 5.93. The standard InChI is InChI=1S/C16H16O2S/c1-11-3-4-13(9-12(11)2)10-19-15-7-5-14(6-8-15)16(17)18/h3-9H,10H2,1-2H3,(H,17,18). The Morgan fingerprint density at radius 3 is 2.32 bits per heavy atom. The predicted octanol–water partition coefficient (Wildman–Crippen LogP) is 4.29. The van der Waals surface area contributed by atoms with Crippen LogP contribution in [0.2, 0.25) is 0 Å². The van der Waals surface area contributed by atoms with Gasteiger partial charge in [-0.2, -0.15) is 0 Å². The van der Waals surface area contributed by atoms with E-state index in [4.69, 9.17) is 5.11 Å². The molecular formula is C16H16O2S. The van der Waals surface area contributed by atoms with E-state index >= 15 is 0 Å². The van der Waals surface area contributed by atoms with Crippen LogP contribution in [0.4, 0.5) is 0 Å². The Bertz CT molecular complexity index is 588. The molecule has 0 spiro atoms. The fourth-order valence-electron chi connectivity index (χ4n) is 1.75. The molecule has 0 heterocycles. The molecule has 3 heteroatoms. The summed E-state index contributed by atoms with van der Waals surface area (Å²) in [6.45, 7) is 4.22. The minimum Gasteiger partial charge on any atom is -0.478 e. The summed E-state index contributed by atoms with van der Waals surface area (Å²) in [6, 6.07) is 13.5. The maximum absolute atomic E-state index is 10.8. The van der Waals surface area contributed by atoms with Crippen molar-refractivity contribution in [1.82, 2.24) is 0 Å². The predicted molar refractivity (Wildman–Crippen MR) is 78.9 cm³/mol. The van der Waals surface area contributed by atoms with Crippen molar-refractivity contribution in [2.24, 2.45) is 0 Å². The van der Waals surface area contributed by atoms with E-state index in [9.17, 15) is 4.79 Å². The molecule has 19 heavy (non-hydrogen) atoms. The van der Waals surface area contributed by atoms with Crippen molar-refractivity contribution in [1.29, 1.82) is 0 Å². The Morgan fingerprint density at radius 1 is 1.05 bits per heavy atom. The highest BCUT2D eigenvalue weighted by atomic mass is 32.2. The van der Waals surface area contributed by atoms with E-state index in [2.05, 4.69) is 32.0 Å². The third kappa shape index (κ3) is 3.61. The molecule has 0 radical (unpaired) electrons. The third-order valence-corrected chi connectivity index (χ3v) is 4.16. The van der Waals surface area contributed by atoms with Gasteiger partial charge in [0.25, 0.3) is 0 Å². The first kappa shape index (κ1) is 13.7. The quantitative estimate of drug-likeness (QED) is 0.843. The van der Waals surface area contributed by atoms with Crippen LogP contribution in [-0.4, -0.2) is 11.1 Å². The van der Waals surface area contributed by atoms with E-state index in [-0.39, 0.29) is 0 Å². The van der Waals surface area contributed by atoms with Gasteiger partial charge in [0.15, 0.2) is 0 Å². The number of aryl methyl sites for hydroxylation is 2. The number of carbonyl (C=O) groups is 1. The van der Waals surface area contributed by atoms with Gasteiger partial charge in [0.2, 0.25) is 0 Å². The zero-order valence-corrected chi connectivity index (χ0v) is 11.8. The van der Waals surface area contributed by atoms with Crippen LogP contribution in [0.3, 0.4) is 0 Å². The maximum Gasteiger partial charge on any atom is 0.335 e. The lowest BCUT2D eigenvalue weighted by Gasteiger charge is -2.05. The molecular weight excluding hydrogens is 256 g/mol. The number of rotatable bonds is 4. The van der Waals surface area contributed by atoms with Crippen molar-refractivity contribution < 1.29 is 9.90 Å². The smallest absolute Gasteiger partial charge is 0.335 e. The molecule has 0 aromatic heterocycles. The molecule has 2 rings (SSSR count). The topological polar surface area (TPSA) is 37.3 Å². The van der Waals surface area contributed by atoms with Gasteiger partial charge in [-0.25, -0.2) is 4.79 Å². The molecule has 0 aliphatic rings. The summed E-state index contributed by atoms with van der Waals surface area (Å²) in [5, 5.41) is 8.83. The molecule has 2 nitrogen and oxygen atoms in total. The molecule has 0 fully saturated rings. The molecule has 0 unspecified atom stereocenters. The molecule has 1 N–H and O–H groups in total. The monoisotopic (exact) mass is 272 g/mol. The van der Waals surface area contributed by atoms with Crippen molar-refractivity contribution in [3.8, 4) is 0 Å². The van der Waals surface area contributed by atoms with Crippen molar-refractivity contribution in [3.05, 3.63) is 64.7 Å². The van der Waals surface area contributed by atoms with Crippen molar-refractivity contribution in [3.63, 3.8) is 0 Å². The molecule has 0 bridgehead atoms. The summed E-state index contributed by atoms with van der Waals surface area (Å²) in [6.07, 6.45) is 0. The number of benzene rings is 2. The highest BCUT2D eigenvalue weighted by molar-refractivity contribution is 7.98. The minimum atomic E-state index is -0.884. The Labute approximate surface area is 117 Å². The van der Waals surface area contributed by atoms with Crippen LogP contribution in [0.25, 0.3) is 0 Å². The van der Waals surface area contributed by atoms with Crippen LogP contribution in [0, 0.1) is 13.8 Å². The summed E-state index contributed by atoms with van der Waals surface area (Å²) >= 11 is 1.72. The van der Waals surface area contributed by atoms with Crippen LogP contribution in [-0.2, 0) is 5.75 Å². The van der Waals surface area contributed by atoms with E-state index in [0.717, 1.165) is 10.6 Å². The lowest BCUT2D eigenvalue weighted by atomic mass is 10.1. The van der Waals surface area contributed by atoms with Crippen LogP contribution < -0.4 is 0 Å². The highest BCUT2D eigenvalue weighted by Crippen LogP contribution is 2.24. The van der Waals surface area contributed by atoms with Gasteiger partial charge >= 0.3 is 5.97 Å². The summed E-state index contributed by atoms with van der Waals surface area (Å²) < 4.78 is 0. The Morgan fingerprint density at radius 2 is 1.74 bits per heavy atom.